The quantitative estimate of drug-likeness (QED) is 0.585. The Kier molecular flexibility index (Phi) is 2.94. The molecule has 1 aromatic rings. The highest BCUT2D eigenvalue weighted by Gasteiger charge is 2.71. The minimum atomic E-state index is -0.989. The number of ether oxygens (including phenoxy) is 3. The van der Waals surface area contributed by atoms with Crippen molar-refractivity contribution in [3.05, 3.63) is 42.2 Å². The van der Waals surface area contributed by atoms with E-state index in [2.05, 4.69) is 4.98 Å². The van der Waals surface area contributed by atoms with Crippen LogP contribution in [0.5, 0.6) is 0 Å². The summed E-state index contributed by atoms with van der Waals surface area (Å²) >= 11 is 0. The number of nitrogens with zero attached hydrogens (tertiary/aromatic N) is 2. The van der Waals surface area contributed by atoms with E-state index in [9.17, 15) is 9.59 Å². The van der Waals surface area contributed by atoms with Crippen LogP contribution in [0.1, 0.15) is 5.69 Å². The summed E-state index contributed by atoms with van der Waals surface area (Å²) in [5, 5.41) is 0. The Morgan fingerprint density at radius 2 is 2.04 bits per heavy atom. The van der Waals surface area contributed by atoms with Crippen LogP contribution in [-0.2, 0) is 30.3 Å². The van der Waals surface area contributed by atoms with E-state index in [1.54, 1.807) is 18.3 Å². The summed E-state index contributed by atoms with van der Waals surface area (Å²) in [5.74, 6) is -1.53. The van der Waals surface area contributed by atoms with Crippen molar-refractivity contribution in [2.45, 2.75) is 24.5 Å². The Morgan fingerprint density at radius 1 is 1.21 bits per heavy atom. The van der Waals surface area contributed by atoms with Gasteiger partial charge in [0.05, 0.1) is 43.4 Å². The normalized spacial score (nSPS) is 37.7. The number of amides is 2. The van der Waals surface area contributed by atoms with Gasteiger partial charge in [0.1, 0.15) is 0 Å². The minimum absolute atomic E-state index is 0.181. The molecule has 7 nitrogen and oxygen atoms in total. The molecular formula is C17H16N2O5. The van der Waals surface area contributed by atoms with Crippen molar-refractivity contribution >= 4 is 11.8 Å². The first kappa shape index (κ1) is 14.3. The van der Waals surface area contributed by atoms with Crippen molar-refractivity contribution in [3.63, 3.8) is 0 Å². The molecule has 0 unspecified atom stereocenters. The van der Waals surface area contributed by atoms with E-state index in [4.69, 9.17) is 14.2 Å². The van der Waals surface area contributed by atoms with Gasteiger partial charge in [-0.3, -0.25) is 19.5 Å². The number of rotatable bonds is 3. The van der Waals surface area contributed by atoms with Gasteiger partial charge >= 0.3 is 0 Å². The average molecular weight is 328 g/mol. The van der Waals surface area contributed by atoms with Gasteiger partial charge in [0.25, 0.3) is 0 Å². The fourth-order valence-corrected chi connectivity index (χ4v) is 4.20. The highest BCUT2D eigenvalue weighted by atomic mass is 16.7. The van der Waals surface area contributed by atoms with E-state index in [1.165, 1.54) is 4.90 Å². The van der Waals surface area contributed by atoms with E-state index < -0.39 is 29.8 Å². The van der Waals surface area contributed by atoms with Gasteiger partial charge in [-0.25, -0.2) is 0 Å². The third-order valence-corrected chi connectivity index (χ3v) is 5.21. The molecule has 7 heteroatoms. The van der Waals surface area contributed by atoms with Crippen molar-refractivity contribution in [3.8, 4) is 0 Å². The number of hydrogen-bond acceptors (Lipinski definition) is 6. The molecule has 0 aromatic carbocycles. The zero-order chi connectivity index (χ0) is 16.3. The third kappa shape index (κ3) is 1.74. The molecule has 124 valence electrons. The van der Waals surface area contributed by atoms with Gasteiger partial charge in [-0.2, -0.15) is 0 Å². The van der Waals surface area contributed by atoms with Crippen molar-refractivity contribution < 1.29 is 23.8 Å². The van der Waals surface area contributed by atoms with Crippen LogP contribution in [0, 0.1) is 11.8 Å². The standard InChI is InChI=1S/C17H16N2O5/c20-14-12-11-4-5-17(24-11,16-22-7-8-23-16)13(12)15(21)19(14)9-10-3-1-2-6-18-10/h1-6,11-13,16H,7-9H2/t11-,12+,13+,17-/m1/s1. The molecule has 2 bridgehead atoms. The average Bonchev–Trinajstić information content (AvgIpc) is 3.36. The van der Waals surface area contributed by atoms with Crippen LogP contribution in [-0.4, -0.2) is 52.9 Å². The summed E-state index contributed by atoms with van der Waals surface area (Å²) in [6.45, 7) is 1.11. The zero-order valence-corrected chi connectivity index (χ0v) is 12.8. The van der Waals surface area contributed by atoms with Crippen molar-refractivity contribution in [2.24, 2.45) is 11.8 Å². The summed E-state index contributed by atoms with van der Waals surface area (Å²) in [7, 11) is 0. The molecule has 2 amide bonds. The van der Waals surface area contributed by atoms with Gasteiger partial charge in [-0.1, -0.05) is 12.1 Å². The Hall–Kier alpha value is -2.09. The van der Waals surface area contributed by atoms with Crippen LogP contribution in [0.4, 0.5) is 0 Å². The number of likely N-dealkylation sites (tertiary alicyclic amines) is 1. The summed E-state index contributed by atoms with van der Waals surface area (Å²) in [5.41, 5.74) is -0.305. The highest BCUT2D eigenvalue weighted by Crippen LogP contribution is 2.54. The number of hydrogen-bond donors (Lipinski definition) is 0. The van der Waals surface area contributed by atoms with Crippen LogP contribution in [0.25, 0.3) is 0 Å². The van der Waals surface area contributed by atoms with Gasteiger partial charge < -0.3 is 14.2 Å². The van der Waals surface area contributed by atoms with E-state index in [1.807, 2.05) is 18.2 Å². The number of pyridine rings is 1. The van der Waals surface area contributed by atoms with Crippen molar-refractivity contribution in [2.75, 3.05) is 13.2 Å². The molecule has 3 saturated heterocycles. The predicted molar refractivity (Wildman–Crippen MR) is 79.2 cm³/mol. The lowest BCUT2D eigenvalue weighted by Gasteiger charge is -2.32. The lowest BCUT2D eigenvalue weighted by Crippen LogP contribution is -2.49. The predicted octanol–water partition coefficient (Wildman–Crippen LogP) is 0.263. The maximum atomic E-state index is 13.0. The van der Waals surface area contributed by atoms with Crippen molar-refractivity contribution in [1.29, 1.82) is 0 Å². The van der Waals surface area contributed by atoms with E-state index in [0.717, 1.165) is 0 Å². The summed E-state index contributed by atoms with van der Waals surface area (Å²) in [6, 6.07) is 5.44. The molecule has 4 aliphatic rings. The van der Waals surface area contributed by atoms with Crippen LogP contribution in [0.15, 0.2) is 36.5 Å². The number of carbonyl (C=O) groups excluding carboxylic acids is 2. The van der Waals surface area contributed by atoms with Gasteiger partial charge in [-0.15, -0.1) is 0 Å². The second-order valence-corrected chi connectivity index (χ2v) is 6.46. The van der Waals surface area contributed by atoms with Crippen LogP contribution >= 0.6 is 0 Å². The summed E-state index contributed by atoms with van der Waals surface area (Å²) < 4.78 is 17.2. The fraction of sp³-hybridized carbons (Fsp3) is 0.471. The van der Waals surface area contributed by atoms with Gasteiger partial charge in [0.2, 0.25) is 11.8 Å². The SMILES string of the molecule is O=C1[C@@H]2[C@@H](C(=O)N1Cc1ccccn1)[C@@]1(C3OCCO3)C=C[C@H]2O1. The molecule has 5 heterocycles. The minimum Gasteiger partial charge on any atom is -0.357 e. The second-order valence-electron chi connectivity index (χ2n) is 6.46. The maximum Gasteiger partial charge on any atom is 0.237 e. The Labute approximate surface area is 138 Å². The van der Waals surface area contributed by atoms with E-state index >= 15 is 0 Å². The molecular weight excluding hydrogens is 312 g/mol. The molecule has 0 spiro atoms. The zero-order valence-electron chi connectivity index (χ0n) is 12.8. The summed E-state index contributed by atoms with van der Waals surface area (Å²) in [6.07, 6.45) is 4.30. The van der Waals surface area contributed by atoms with E-state index in [0.29, 0.717) is 18.9 Å². The molecule has 0 radical (unpaired) electrons. The van der Waals surface area contributed by atoms with Gasteiger partial charge in [-0.05, 0) is 18.2 Å². The molecule has 1 aromatic heterocycles. The van der Waals surface area contributed by atoms with Crippen LogP contribution in [0.2, 0.25) is 0 Å². The maximum absolute atomic E-state index is 13.0. The van der Waals surface area contributed by atoms with Gasteiger partial charge in [0, 0.05) is 6.20 Å². The number of fused-ring (bicyclic) bond motifs is 5. The molecule has 5 rings (SSSR count). The lowest BCUT2D eigenvalue weighted by atomic mass is 9.76. The number of imide groups is 1. The number of aromatic nitrogens is 1. The molecule has 4 atom stereocenters. The molecule has 24 heavy (non-hydrogen) atoms. The topological polar surface area (TPSA) is 78.0 Å². The van der Waals surface area contributed by atoms with Crippen LogP contribution in [0.3, 0.4) is 0 Å². The smallest absolute Gasteiger partial charge is 0.237 e. The molecule has 0 N–H and O–H groups in total. The molecule has 3 fully saturated rings. The first-order valence-electron chi connectivity index (χ1n) is 8.06. The molecule has 0 saturated carbocycles. The first-order chi connectivity index (χ1) is 11.7. The fourth-order valence-electron chi connectivity index (χ4n) is 4.20. The van der Waals surface area contributed by atoms with E-state index in [-0.39, 0.29) is 18.4 Å². The second kappa shape index (κ2) is 4.95. The molecule has 0 aliphatic carbocycles. The van der Waals surface area contributed by atoms with Crippen LogP contribution < -0.4 is 0 Å². The first-order valence-corrected chi connectivity index (χ1v) is 8.06. The Morgan fingerprint density at radius 3 is 2.79 bits per heavy atom. The molecule has 4 aliphatic heterocycles. The lowest BCUT2D eigenvalue weighted by molar-refractivity contribution is -0.183. The summed E-state index contributed by atoms with van der Waals surface area (Å²) in [4.78, 5) is 31.3. The highest BCUT2D eigenvalue weighted by molar-refractivity contribution is 6.07. The Balaban J connectivity index is 1.48. The monoisotopic (exact) mass is 328 g/mol. The number of carbonyl (C=O) groups is 2. The van der Waals surface area contributed by atoms with Crippen molar-refractivity contribution in [1.82, 2.24) is 9.88 Å². The third-order valence-electron chi connectivity index (χ3n) is 5.21. The Bertz CT molecular complexity index is 730. The largest absolute Gasteiger partial charge is 0.357 e. The van der Waals surface area contributed by atoms with Gasteiger partial charge in [0.15, 0.2) is 11.9 Å².